The molecule has 3 amide bonds. The molecule has 0 bridgehead atoms. The third-order valence-corrected chi connectivity index (χ3v) is 6.39. The van der Waals surface area contributed by atoms with Crippen LogP contribution in [0.1, 0.15) is 37.5 Å². The van der Waals surface area contributed by atoms with Crippen molar-refractivity contribution in [2.75, 3.05) is 19.0 Å². The maximum absolute atomic E-state index is 13.8. The van der Waals surface area contributed by atoms with Gasteiger partial charge in [-0.25, -0.2) is 9.79 Å². The van der Waals surface area contributed by atoms with Gasteiger partial charge in [0.15, 0.2) is 0 Å². The van der Waals surface area contributed by atoms with E-state index in [1.54, 1.807) is 27.8 Å². The van der Waals surface area contributed by atoms with E-state index < -0.39 is 29.8 Å². The number of rotatable bonds is 6. The predicted octanol–water partition coefficient (Wildman–Crippen LogP) is 4.42. The second-order valence-electron chi connectivity index (χ2n) is 10.5. The minimum absolute atomic E-state index is 0.231. The van der Waals surface area contributed by atoms with Gasteiger partial charge in [-0.05, 0) is 32.4 Å². The van der Waals surface area contributed by atoms with Crippen LogP contribution in [-0.4, -0.2) is 60.4 Å². The van der Waals surface area contributed by atoms with E-state index >= 15 is 0 Å². The molecule has 0 spiro atoms. The van der Waals surface area contributed by atoms with E-state index in [2.05, 4.69) is 5.32 Å². The van der Waals surface area contributed by atoms with Crippen molar-refractivity contribution in [1.29, 1.82) is 0 Å². The first kappa shape index (κ1) is 27.6. The molecule has 0 aromatic heterocycles. The van der Waals surface area contributed by atoms with Crippen LogP contribution in [0.3, 0.4) is 0 Å². The number of carbonyl (C=O) groups is 3. The van der Waals surface area contributed by atoms with Gasteiger partial charge in [-0.15, -0.1) is 0 Å². The molecule has 0 fully saturated rings. The Morgan fingerprint density at radius 2 is 1.56 bits per heavy atom. The number of benzodiazepines with no additional fused rings is 1. The standard InChI is InChI=1S/C31H34N4O4/c1-31(2,3)39-30(38)35(5)25(20-21-14-8-6-9-15-21)28(36)33-27-29(37)34(4)24-19-13-12-18-23(24)26(32-27)22-16-10-7-11-17-22/h6-19,25,27H,20H2,1-5H3,(H,33,36)/t25-,27+/m1/s1. The van der Waals surface area contributed by atoms with Gasteiger partial charge in [0.25, 0.3) is 5.91 Å². The first-order valence-electron chi connectivity index (χ1n) is 12.9. The zero-order chi connectivity index (χ0) is 28.2. The number of carbonyl (C=O) groups excluding carboxylic acids is 3. The summed E-state index contributed by atoms with van der Waals surface area (Å²) in [5.74, 6) is -0.902. The molecule has 0 aliphatic carbocycles. The lowest BCUT2D eigenvalue weighted by molar-refractivity contribution is -0.130. The summed E-state index contributed by atoms with van der Waals surface area (Å²) in [5, 5.41) is 2.83. The average Bonchev–Trinajstić information content (AvgIpc) is 3.02. The number of anilines is 1. The first-order valence-corrected chi connectivity index (χ1v) is 12.9. The quantitative estimate of drug-likeness (QED) is 0.515. The number of nitrogens with one attached hydrogen (secondary N) is 1. The van der Waals surface area contributed by atoms with Crippen LogP contribution in [0.15, 0.2) is 89.9 Å². The number of para-hydroxylation sites is 1. The molecule has 1 aliphatic heterocycles. The highest BCUT2D eigenvalue weighted by molar-refractivity contribution is 6.20. The average molecular weight is 527 g/mol. The summed E-state index contributed by atoms with van der Waals surface area (Å²) in [6, 6.07) is 25.5. The molecule has 1 N–H and O–H groups in total. The number of ether oxygens (including phenoxy) is 1. The molecule has 1 aliphatic rings. The second-order valence-corrected chi connectivity index (χ2v) is 10.5. The van der Waals surface area contributed by atoms with E-state index in [1.807, 2.05) is 84.9 Å². The number of fused-ring (bicyclic) bond motifs is 1. The highest BCUT2D eigenvalue weighted by Gasteiger charge is 2.35. The van der Waals surface area contributed by atoms with Crippen molar-refractivity contribution >= 4 is 29.3 Å². The van der Waals surface area contributed by atoms with Crippen LogP contribution >= 0.6 is 0 Å². The van der Waals surface area contributed by atoms with Crippen molar-refractivity contribution in [3.63, 3.8) is 0 Å². The van der Waals surface area contributed by atoms with Gasteiger partial charge in [0.05, 0.1) is 11.4 Å². The van der Waals surface area contributed by atoms with Crippen molar-refractivity contribution in [3.05, 3.63) is 102 Å². The van der Waals surface area contributed by atoms with Crippen LogP contribution in [0.4, 0.5) is 10.5 Å². The third-order valence-electron chi connectivity index (χ3n) is 6.39. The van der Waals surface area contributed by atoms with Crippen LogP contribution in [0.25, 0.3) is 0 Å². The zero-order valence-electron chi connectivity index (χ0n) is 22.9. The topological polar surface area (TPSA) is 91.3 Å². The van der Waals surface area contributed by atoms with Gasteiger partial charge in [0, 0.05) is 31.6 Å². The van der Waals surface area contributed by atoms with Gasteiger partial charge in [-0.1, -0.05) is 78.9 Å². The highest BCUT2D eigenvalue weighted by atomic mass is 16.6. The van der Waals surface area contributed by atoms with Gasteiger partial charge < -0.3 is 15.0 Å². The summed E-state index contributed by atoms with van der Waals surface area (Å²) in [5.41, 5.74) is 3.00. The first-order chi connectivity index (χ1) is 18.5. The Hall–Kier alpha value is -4.46. The van der Waals surface area contributed by atoms with Crippen LogP contribution in [0.5, 0.6) is 0 Å². The fourth-order valence-corrected chi connectivity index (χ4v) is 4.38. The third kappa shape index (κ3) is 6.52. The Morgan fingerprint density at radius 1 is 0.974 bits per heavy atom. The molecule has 8 heteroatoms. The molecule has 1 heterocycles. The smallest absolute Gasteiger partial charge is 0.410 e. The van der Waals surface area contributed by atoms with E-state index in [1.165, 1.54) is 16.8 Å². The largest absolute Gasteiger partial charge is 0.444 e. The monoisotopic (exact) mass is 526 g/mol. The summed E-state index contributed by atoms with van der Waals surface area (Å²) in [6.45, 7) is 5.30. The second kappa shape index (κ2) is 11.5. The fraction of sp³-hybridized carbons (Fsp3) is 0.290. The number of hydrogen-bond donors (Lipinski definition) is 1. The molecule has 39 heavy (non-hydrogen) atoms. The highest BCUT2D eigenvalue weighted by Crippen LogP contribution is 2.27. The van der Waals surface area contributed by atoms with E-state index in [-0.39, 0.29) is 12.3 Å². The Kier molecular flexibility index (Phi) is 8.14. The number of hydrogen-bond acceptors (Lipinski definition) is 5. The molecule has 0 radical (unpaired) electrons. The lowest BCUT2D eigenvalue weighted by Crippen LogP contribution is -2.55. The number of nitrogens with zero attached hydrogens (tertiary/aromatic N) is 3. The molecule has 202 valence electrons. The number of aliphatic imine (C=N–C) groups is 1. The van der Waals surface area contributed by atoms with Crippen molar-refractivity contribution < 1.29 is 19.1 Å². The lowest BCUT2D eigenvalue weighted by Gasteiger charge is -2.31. The number of benzene rings is 3. The van der Waals surface area contributed by atoms with Crippen molar-refractivity contribution in [2.45, 2.75) is 45.0 Å². The number of amides is 3. The van der Waals surface area contributed by atoms with Gasteiger partial charge in [0.1, 0.15) is 11.6 Å². The lowest BCUT2D eigenvalue weighted by atomic mass is 10.0. The molecule has 0 saturated carbocycles. The van der Waals surface area contributed by atoms with Crippen LogP contribution < -0.4 is 10.2 Å². The normalized spacial score (nSPS) is 15.9. The van der Waals surface area contributed by atoms with Gasteiger partial charge in [0.2, 0.25) is 12.1 Å². The van der Waals surface area contributed by atoms with Crippen LogP contribution in [-0.2, 0) is 20.7 Å². The Morgan fingerprint density at radius 3 is 2.21 bits per heavy atom. The number of likely N-dealkylation sites (N-methyl/N-ethyl adjacent to an activating group) is 2. The summed E-state index contributed by atoms with van der Waals surface area (Å²) in [7, 11) is 3.19. The maximum Gasteiger partial charge on any atom is 0.410 e. The van der Waals surface area contributed by atoms with Crippen LogP contribution in [0.2, 0.25) is 0 Å². The molecule has 0 saturated heterocycles. The van der Waals surface area contributed by atoms with E-state index in [4.69, 9.17) is 9.73 Å². The molecular formula is C31H34N4O4. The molecule has 8 nitrogen and oxygen atoms in total. The van der Waals surface area contributed by atoms with Gasteiger partial charge in [-0.3, -0.25) is 14.5 Å². The summed E-state index contributed by atoms with van der Waals surface area (Å²) in [6.07, 6.45) is -1.60. The summed E-state index contributed by atoms with van der Waals surface area (Å²) in [4.78, 5) is 47.9. The summed E-state index contributed by atoms with van der Waals surface area (Å²) < 4.78 is 5.54. The predicted molar refractivity (Wildman–Crippen MR) is 152 cm³/mol. The Labute approximate surface area is 229 Å². The van der Waals surface area contributed by atoms with Crippen molar-refractivity contribution in [3.8, 4) is 0 Å². The minimum atomic E-state index is -1.20. The molecule has 0 unspecified atom stereocenters. The van der Waals surface area contributed by atoms with E-state index in [9.17, 15) is 14.4 Å². The van der Waals surface area contributed by atoms with Gasteiger partial charge in [-0.2, -0.15) is 0 Å². The molecule has 3 aromatic rings. The van der Waals surface area contributed by atoms with Crippen molar-refractivity contribution in [2.24, 2.45) is 4.99 Å². The van der Waals surface area contributed by atoms with E-state index in [0.29, 0.717) is 11.4 Å². The minimum Gasteiger partial charge on any atom is -0.444 e. The zero-order valence-corrected chi connectivity index (χ0v) is 22.9. The van der Waals surface area contributed by atoms with Crippen molar-refractivity contribution in [1.82, 2.24) is 10.2 Å². The molecule has 3 aromatic carbocycles. The molecule has 4 rings (SSSR count). The maximum atomic E-state index is 13.8. The Bertz CT molecular complexity index is 1370. The Balaban J connectivity index is 1.70. The van der Waals surface area contributed by atoms with Crippen LogP contribution in [0, 0.1) is 0 Å². The fourth-order valence-electron chi connectivity index (χ4n) is 4.38. The van der Waals surface area contributed by atoms with E-state index in [0.717, 1.165) is 16.7 Å². The summed E-state index contributed by atoms with van der Waals surface area (Å²) >= 11 is 0. The van der Waals surface area contributed by atoms with Gasteiger partial charge >= 0.3 is 6.09 Å². The SMILES string of the molecule is CN1C(=O)[C@H](NC(=O)[C@@H](Cc2ccccc2)N(C)C(=O)OC(C)(C)C)N=C(c2ccccc2)c2ccccc21. The molecular weight excluding hydrogens is 492 g/mol. The molecule has 2 atom stereocenters.